The fourth-order valence-electron chi connectivity index (χ4n) is 4.29. The first-order chi connectivity index (χ1) is 13.7. The van der Waals surface area contributed by atoms with Gasteiger partial charge in [0, 0.05) is 24.4 Å². The van der Waals surface area contributed by atoms with E-state index in [4.69, 9.17) is 14.5 Å². The molecule has 0 saturated heterocycles. The van der Waals surface area contributed by atoms with E-state index in [2.05, 4.69) is 41.7 Å². The summed E-state index contributed by atoms with van der Waals surface area (Å²) in [7, 11) is 5.38. The lowest BCUT2D eigenvalue weighted by Crippen LogP contribution is -2.33. The summed E-state index contributed by atoms with van der Waals surface area (Å²) in [5, 5.41) is 3.42. The fraction of sp³-hybridized carbons (Fsp3) is 0.435. The van der Waals surface area contributed by atoms with Crippen molar-refractivity contribution in [2.24, 2.45) is 10.9 Å². The minimum Gasteiger partial charge on any atom is -0.493 e. The van der Waals surface area contributed by atoms with E-state index in [1.807, 2.05) is 18.2 Å². The zero-order valence-corrected chi connectivity index (χ0v) is 16.9. The number of benzene rings is 1. The second-order valence-corrected chi connectivity index (χ2v) is 7.58. The smallest absolute Gasteiger partial charge is 0.161 e. The Labute approximate surface area is 167 Å². The number of methoxy groups -OCH3 is 2. The molecule has 2 heterocycles. The highest BCUT2D eigenvalue weighted by Crippen LogP contribution is 2.34. The zero-order chi connectivity index (χ0) is 19.5. The standard InChI is InChI=1S/C23H29N3O2/c1-24-19-8-4-16(5-9-19)18-7-11-23-25-20(12-13-26(23)15-18)17-6-10-21(27-2)22(14-17)28-3/h6-7,10-12,14-16,19,24H,4-5,8-9,13H2,1-3H3. The van der Waals surface area contributed by atoms with Crippen LogP contribution in [0.15, 0.2) is 53.2 Å². The Bertz CT molecular complexity index is 845. The number of nitrogens with zero attached hydrogens (tertiary/aromatic N) is 2. The van der Waals surface area contributed by atoms with Gasteiger partial charge in [-0.3, -0.25) is 0 Å². The van der Waals surface area contributed by atoms with Gasteiger partial charge in [0.2, 0.25) is 0 Å². The van der Waals surface area contributed by atoms with Crippen LogP contribution < -0.4 is 14.8 Å². The molecule has 5 nitrogen and oxygen atoms in total. The summed E-state index contributed by atoms with van der Waals surface area (Å²) in [5.74, 6) is 3.12. The number of hydrogen-bond donors (Lipinski definition) is 1. The Hall–Kier alpha value is -2.53. The molecule has 0 atom stereocenters. The van der Waals surface area contributed by atoms with E-state index >= 15 is 0 Å². The third-order valence-corrected chi connectivity index (χ3v) is 6.03. The first-order valence-electron chi connectivity index (χ1n) is 10.1. The molecule has 1 N–H and O–H groups in total. The monoisotopic (exact) mass is 379 g/mol. The number of nitrogens with one attached hydrogen (secondary N) is 1. The fourth-order valence-corrected chi connectivity index (χ4v) is 4.29. The quantitative estimate of drug-likeness (QED) is 0.840. The molecule has 1 fully saturated rings. The van der Waals surface area contributed by atoms with Crippen molar-refractivity contribution < 1.29 is 9.47 Å². The molecule has 5 heteroatoms. The van der Waals surface area contributed by atoms with Gasteiger partial charge in [-0.25, -0.2) is 4.99 Å². The summed E-state index contributed by atoms with van der Waals surface area (Å²) in [6, 6.07) is 6.63. The topological polar surface area (TPSA) is 46.1 Å². The van der Waals surface area contributed by atoms with Crippen LogP contribution in [0.25, 0.3) is 5.70 Å². The SMILES string of the molecule is CNC1CCC(C2=CN3CC=C(c4ccc(OC)c(OC)c4)N=C3C=C2)CC1. The first kappa shape index (κ1) is 18.8. The summed E-state index contributed by atoms with van der Waals surface area (Å²) < 4.78 is 10.8. The van der Waals surface area contributed by atoms with Gasteiger partial charge in [-0.15, -0.1) is 0 Å². The van der Waals surface area contributed by atoms with Crippen LogP contribution in [0.2, 0.25) is 0 Å². The molecule has 28 heavy (non-hydrogen) atoms. The van der Waals surface area contributed by atoms with Crippen molar-refractivity contribution in [1.29, 1.82) is 0 Å². The molecule has 1 saturated carbocycles. The van der Waals surface area contributed by atoms with Crippen molar-refractivity contribution in [2.75, 3.05) is 27.8 Å². The molecule has 1 aromatic rings. The van der Waals surface area contributed by atoms with Gasteiger partial charge in [0.15, 0.2) is 11.5 Å². The van der Waals surface area contributed by atoms with Gasteiger partial charge in [-0.1, -0.05) is 6.08 Å². The minimum absolute atomic E-state index is 0.665. The van der Waals surface area contributed by atoms with Gasteiger partial charge < -0.3 is 19.7 Å². The van der Waals surface area contributed by atoms with Crippen LogP contribution in [-0.4, -0.2) is 44.6 Å². The average Bonchev–Trinajstić information content (AvgIpc) is 2.78. The number of allylic oxidation sites excluding steroid dienone is 2. The highest BCUT2D eigenvalue weighted by Gasteiger charge is 2.25. The van der Waals surface area contributed by atoms with Crippen molar-refractivity contribution in [3.05, 3.63) is 53.8 Å². The molecule has 148 valence electrons. The van der Waals surface area contributed by atoms with Crippen LogP contribution in [0.1, 0.15) is 31.2 Å². The van der Waals surface area contributed by atoms with E-state index in [-0.39, 0.29) is 0 Å². The van der Waals surface area contributed by atoms with Crippen LogP contribution in [0.3, 0.4) is 0 Å². The van der Waals surface area contributed by atoms with Crippen molar-refractivity contribution in [3.63, 3.8) is 0 Å². The molecule has 0 radical (unpaired) electrons. The first-order valence-corrected chi connectivity index (χ1v) is 10.1. The van der Waals surface area contributed by atoms with Crippen LogP contribution in [0.5, 0.6) is 11.5 Å². The summed E-state index contributed by atoms with van der Waals surface area (Å²) in [6.45, 7) is 0.836. The Morgan fingerprint density at radius 1 is 1.04 bits per heavy atom. The Balaban J connectivity index is 1.48. The van der Waals surface area contributed by atoms with Crippen LogP contribution in [0.4, 0.5) is 0 Å². The molecule has 1 aliphatic carbocycles. The molecule has 1 aromatic carbocycles. The largest absolute Gasteiger partial charge is 0.493 e. The highest BCUT2D eigenvalue weighted by molar-refractivity contribution is 6.00. The van der Waals surface area contributed by atoms with Gasteiger partial charge in [-0.2, -0.15) is 0 Å². The lowest BCUT2D eigenvalue weighted by Gasteiger charge is -2.33. The lowest BCUT2D eigenvalue weighted by atomic mass is 9.81. The molecule has 0 bridgehead atoms. The summed E-state index contributed by atoms with van der Waals surface area (Å²) in [6.07, 6.45) is 13.9. The van der Waals surface area contributed by atoms with Gasteiger partial charge in [0.1, 0.15) is 5.84 Å². The third-order valence-electron chi connectivity index (χ3n) is 6.03. The van der Waals surface area contributed by atoms with E-state index in [0.717, 1.165) is 35.1 Å². The van der Waals surface area contributed by atoms with Crippen molar-refractivity contribution in [1.82, 2.24) is 10.2 Å². The van der Waals surface area contributed by atoms with Crippen molar-refractivity contribution in [2.45, 2.75) is 31.7 Å². The Morgan fingerprint density at radius 3 is 2.54 bits per heavy atom. The van der Waals surface area contributed by atoms with Gasteiger partial charge >= 0.3 is 0 Å². The molecular formula is C23H29N3O2. The Morgan fingerprint density at radius 2 is 1.82 bits per heavy atom. The molecular weight excluding hydrogens is 350 g/mol. The van der Waals surface area contributed by atoms with E-state index in [1.165, 1.54) is 31.3 Å². The van der Waals surface area contributed by atoms with Gasteiger partial charge in [0.25, 0.3) is 0 Å². The molecule has 0 aromatic heterocycles. The number of rotatable bonds is 5. The van der Waals surface area contributed by atoms with Crippen LogP contribution in [-0.2, 0) is 0 Å². The average molecular weight is 380 g/mol. The predicted molar refractivity (Wildman–Crippen MR) is 114 cm³/mol. The lowest BCUT2D eigenvalue weighted by molar-refractivity contribution is 0.332. The normalized spacial score (nSPS) is 24.1. The number of ether oxygens (including phenoxy) is 2. The highest BCUT2D eigenvalue weighted by atomic mass is 16.5. The second-order valence-electron chi connectivity index (χ2n) is 7.58. The minimum atomic E-state index is 0.665. The van der Waals surface area contributed by atoms with Crippen molar-refractivity contribution in [3.8, 4) is 11.5 Å². The van der Waals surface area contributed by atoms with Crippen LogP contribution >= 0.6 is 0 Å². The van der Waals surface area contributed by atoms with Gasteiger partial charge in [0.05, 0.1) is 19.9 Å². The maximum atomic E-state index is 5.43. The molecule has 4 rings (SSSR count). The van der Waals surface area contributed by atoms with Crippen molar-refractivity contribution >= 4 is 11.5 Å². The van der Waals surface area contributed by atoms with E-state index < -0.39 is 0 Å². The second kappa shape index (κ2) is 8.23. The Kier molecular flexibility index (Phi) is 5.53. The number of aliphatic imine (C=N–C) groups is 1. The molecule has 0 amide bonds. The zero-order valence-electron chi connectivity index (χ0n) is 16.9. The summed E-state index contributed by atoms with van der Waals surface area (Å²) in [5.41, 5.74) is 3.46. The predicted octanol–water partition coefficient (Wildman–Crippen LogP) is 3.99. The van der Waals surface area contributed by atoms with Gasteiger partial charge in [-0.05, 0) is 74.6 Å². The van der Waals surface area contributed by atoms with E-state index in [1.54, 1.807) is 14.2 Å². The summed E-state index contributed by atoms with van der Waals surface area (Å²) in [4.78, 5) is 7.13. The van der Waals surface area contributed by atoms with Crippen LogP contribution in [0, 0.1) is 5.92 Å². The third kappa shape index (κ3) is 3.72. The molecule has 3 aliphatic rings. The number of hydrogen-bond acceptors (Lipinski definition) is 5. The molecule has 2 aliphatic heterocycles. The molecule has 0 unspecified atom stereocenters. The maximum absolute atomic E-state index is 5.43. The number of fused-ring (bicyclic) bond motifs is 1. The maximum Gasteiger partial charge on any atom is 0.161 e. The van der Waals surface area contributed by atoms with E-state index in [9.17, 15) is 0 Å². The molecule has 0 spiro atoms. The summed E-state index contributed by atoms with van der Waals surface area (Å²) >= 11 is 0. The van der Waals surface area contributed by atoms with E-state index in [0.29, 0.717) is 12.0 Å². The number of amidine groups is 1.